The lowest BCUT2D eigenvalue weighted by Crippen LogP contribution is -2.68. The molecule has 5 aliphatic heterocycles. The maximum atomic E-state index is 12.0. The van der Waals surface area contributed by atoms with Crippen LogP contribution in [0.1, 0.15) is 6.92 Å². The molecule has 344 valence electrons. The molecule has 0 aromatic carbocycles. The van der Waals surface area contributed by atoms with E-state index in [-0.39, 0.29) is 0 Å². The molecule has 1 amide bonds. The summed E-state index contributed by atoms with van der Waals surface area (Å²) in [5.74, 6) is -0.737. The number of amides is 1. The summed E-state index contributed by atoms with van der Waals surface area (Å²) in [6, 6.07) is -1.57. The number of rotatable bonds is 14. The van der Waals surface area contributed by atoms with Crippen LogP contribution in [0.15, 0.2) is 0 Å². The van der Waals surface area contributed by atoms with Crippen LogP contribution in [0, 0.1) is 0 Å². The van der Waals surface area contributed by atoms with Gasteiger partial charge in [-0.2, -0.15) is 0 Å². The van der Waals surface area contributed by atoms with Crippen LogP contribution in [0.2, 0.25) is 0 Å². The molecule has 5 rings (SSSR count). The normalized spacial score (nSPS) is 51.0. The van der Waals surface area contributed by atoms with Crippen molar-refractivity contribution in [1.29, 1.82) is 0 Å². The van der Waals surface area contributed by atoms with E-state index in [4.69, 9.17) is 42.6 Å². The Morgan fingerprint density at radius 3 is 1.36 bits per heavy atom. The molecule has 0 bridgehead atoms. The van der Waals surface area contributed by atoms with Crippen LogP contribution in [-0.2, 0) is 47.4 Å². The third-order valence-corrected chi connectivity index (χ3v) is 10.7. The van der Waals surface area contributed by atoms with Crippen LogP contribution < -0.4 is 5.32 Å². The van der Waals surface area contributed by atoms with Crippen molar-refractivity contribution >= 4 is 5.91 Å². The van der Waals surface area contributed by atoms with Gasteiger partial charge in [0.25, 0.3) is 0 Å². The molecule has 5 aliphatic rings. The highest BCUT2D eigenvalue weighted by Gasteiger charge is 2.55. The number of nitrogens with one attached hydrogen (secondary N) is 1. The van der Waals surface area contributed by atoms with Crippen LogP contribution >= 0.6 is 0 Å². The molecule has 0 aromatic heterocycles. The molecule has 0 spiro atoms. The monoisotopic (exact) mass is 869 g/mol. The second-order valence-corrected chi connectivity index (χ2v) is 14.8. The molecule has 0 radical (unpaired) electrons. The summed E-state index contributed by atoms with van der Waals surface area (Å²) in [6.45, 7) is -3.01. The summed E-state index contributed by atoms with van der Waals surface area (Å²) < 4.78 is 49.7. The smallest absolute Gasteiger partial charge is 0.217 e. The van der Waals surface area contributed by atoms with E-state index in [1.54, 1.807) is 0 Å². The minimum Gasteiger partial charge on any atom is -0.394 e. The van der Waals surface area contributed by atoms with E-state index in [1.165, 1.54) is 0 Å². The second-order valence-electron chi connectivity index (χ2n) is 14.8. The van der Waals surface area contributed by atoms with Crippen LogP contribution in [0.25, 0.3) is 0 Å². The quantitative estimate of drug-likeness (QED) is 0.0770. The zero-order valence-electron chi connectivity index (χ0n) is 31.2. The molecule has 17 N–H and O–H groups in total. The van der Waals surface area contributed by atoms with Crippen LogP contribution in [0.3, 0.4) is 0 Å². The molecule has 59 heavy (non-hydrogen) atoms. The summed E-state index contributed by atoms with van der Waals surface area (Å²) in [5.41, 5.74) is 0. The SMILES string of the molecule is CC(=O)N[C@H]1[C@H](O[C@@H]2[C@@H](O[C@@H]3[C@H](O)[C@H](O)O[C@H](CO[C@H]4O[C@H](CO[C@H]5O[C@H](CO)[C@@H](O)[C@H](O)[C@@H]5O)[C@@H](O)[C@H](O)[C@@H]4O)[C@H]3O)O[C@H](CO)[C@@H](O)[C@@H]2O)O[C@H](CO)[C@@H](O)[C@@H]1O. The van der Waals surface area contributed by atoms with Gasteiger partial charge in [-0.05, 0) is 0 Å². The predicted molar refractivity (Wildman–Crippen MR) is 178 cm³/mol. The first-order valence-corrected chi connectivity index (χ1v) is 18.6. The van der Waals surface area contributed by atoms with Crippen LogP contribution in [0.5, 0.6) is 0 Å². The Bertz CT molecular complexity index is 1320. The van der Waals surface area contributed by atoms with Crippen LogP contribution in [-0.4, -0.2) is 274 Å². The van der Waals surface area contributed by atoms with E-state index in [0.29, 0.717) is 0 Å². The summed E-state index contributed by atoms with van der Waals surface area (Å²) in [7, 11) is 0. The van der Waals surface area contributed by atoms with Gasteiger partial charge >= 0.3 is 0 Å². The van der Waals surface area contributed by atoms with Crippen molar-refractivity contribution in [3.8, 4) is 0 Å². The number of aliphatic hydroxyl groups excluding tert-OH is 16. The minimum absolute atomic E-state index is 0.700. The fourth-order valence-electron chi connectivity index (χ4n) is 7.20. The maximum absolute atomic E-state index is 12.0. The molecule has 0 aliphatic carbocycles. The second kappa shape index (κ2) is 20.8. The van der Waals surface area contributed by atoms with Gasteiger partial charge in [0.15, 0.2) is 31.5 Å². The topological polar surface area (TPSA) is 436 Å². The Labute approximate surface area is 333 Å². The van der Waals surface area contributed by atoms with Gasteiger partial charge in [0.1, 0.15) is 122 Å². The standard InChI is InChI=1S/C32H55NO26/c1-7(37)33-13-19(43)14(38)8(2-34)54-29(13)59-27-22(46)16(40)10(4-36)56-32(27)58-26-18(42)12(53-28(50)25(26)49)6-52-31-24(48)21(45)17(41)11(57-31)5-51-30-23(47)20(44)15(39)9(3-35)55-30/h8-32,34-36,38-50H,2-6H2,1H3,(H,33,37)/t8-,9-,10-,11-,12-,13-,14-,15-,16-,17-,18-,19-,20+,21+,22+,23+,24+,25+,26+,27+,28-,29+,30+,31+,32-/m1/s1. The highest BCUT2D eigenvalue weighted by molar-refractivity contribution is 5.73. The molecule has 5 heterocycles. The summed E-state index contributed by atoms with van der Waals surface area (Å²) in [6.07, 6.45) is -43.7. The first-order chi connectivity index (χ1) is 27.8. The summed E-state index contributed by atoms with van der Waals surface area (Å²) >= 11 is 0. The van der Waals surface area contributed by atoms with E-state index < -0.39 is 192 Å². The van der Waals surface area contributed by atoms with Gasteiger partial charge in [-0.25, -0.2) is 0 Å². The Morgan fingerprint density at radius 1 is 0.441 bits per heavy atom. The number of hydrogen-bond acceptors (Lipinski definition) is 26. The molecule has 5 saturated heterocycles. The molecular formula is C32H55NO26. The Morgan fingerprint density at radius 2 is 0.847 bits per heavy atom. The van der Waals surface area contributed by atoms with Crippen molar-refractivity contribution in [2.75, 3.05) is 33.0 Å². The van der Waals surface area contributed by atoms with E-state index in [0.717, 1.165) is 6.92 Å². The maximum Gasteiger partial charge on any atom is 0.217 e. The van der Waals surface area contributed by atoms with Gasteiger partial charge in [0, 0.05) is 6.92 Å². The molecule has 0 unspecified atom stereocenters. The highest BCUT2D eigenvalue weighted by Crippen LogP contribution is 2.34. The van der Waals surface area contributed by atoms with Gasteiger partial charge < -0.3 is 130 Å². The fourth-order valence-corrected chi connectivity index (χ4v) is 7.20. The van der Waals surface area contributed by atoms with Crippen molar-refractivity contribution < 1.29 is 129 Å². The highest BCUT2D eigenvalue weighted by atomic mass is 16.8. The van der Waals surface area contributed by atoms with Crippen molar-refractivity contribution in [3.05, 3.63) is 0 Å². The van der Waals surface area contributed by atoms with Crippen molar-refractivity contribution in [3.63, 3.8) is 0 Å². The molecular weight excluding hydrogens is 814 g/mol. The predicted octanol–water partition coefficient (Wildman–Crippen LogP) is -11.8. The molecule has 27 nitrogen and oxygen atoms in total. The van der Waals surface area contributed by atoms with Crippen LogP contribution in [0.4, 0.5) is 0 Å². The van der Waals surface area contributed by atoms with Gasteiger partial charge in [-0.3, -0.25) is 4.79 Å². The lowest BCUT2D eigenvalue weighted by Gasteiger charge is -2.49. The van der Waals surface area contributed by atoms with Crippen molar-refractivity contribution in [2.45, 2.75) is 160 Å². The molecule has 0 saturated carbocycles. The first kappa shape index (κ1) is 48.5. The summed E-state index contributed by atoms with van der Waals surface area (Å²) in [5, 5.41) is 169. The average molecular weight is 870 g/mol. The number of aliphatic hydroxyl groups is 16. The Balaban J connectivity index is 1.28. The third kappa shape index (κ3) is 10.5. The Kier molecular flexibility index (Phi) is 17.1. The van der Waals surface area contributed by atoms with E-state index in [2.05, 4.69) is 5.32 Å². The van der Waals surface area contributed by atoms with Gasteiger partial charge in [0.2, 0.25) is 5.91 Å². The lowest BCUT2D eigenvalue weighted by molar-refractivity contribution is -0.383. The largest absolute Gasteiger partial charge is 0.394 e. The molecule has 5 fully saturated rings. The van der Waals surface area contributed by atoms with E-state index in [9.17, 15) is 86.5 Å². The first-order valence-electron chi connectivity index (χ1n) is 18.6. The summed E-state index contributed by atoms with van der Waals surface area (Å²) in [4.78, 5) is 12.0. The lowest BCUT2D eigenvalue weighted by atomic mass is 9.95. The van der Waals surface area contributed by atoms with E-state index >= 15 is 0 Å². The van der Waals surface area contributed by atoms with E-state index in [1.807, 2.05) is 0 Å². The van der Waals surface area contributed by atoms with Gasteiger partial charge in [0.05, 0.1) is 33.0 Å². The molecule has 25 atom stereocenters. The average Bonchev–Trinajstić information content (AvgIpc) is 3.21. The number of ether oxygens (including phenoxy) is 9. The Hall–Kier alpha value is -1.53. The number of carbonyl (C=O) groups excluding carboxylic acids is 1. The van der Waals surface area contributed by atoms with Gasteiger partial charge in [-0.1, -0.05) is 0 Å². The number of hydrogen-bond donors (Lipinski definition) is 17. The zero-order chi connectivity index (χ0) is 43.6. The third-order valence-electron chi connectivity index (χ3n) is 10.7. The molecule has 0 aromatic rings. The fraction of sp³-hybridized carbons (Fsp3) is 0.969. The molecule has 27 heteroatoms. The van der Waals surface area contributed by atoms with Crippen molar-refractivity contribution in [1.82, 2.24) is 5.32 Å². The number of carbonyl (C=O) groups is 1. The zero-order valence-corrected chi connectivity index (χ0v) is 31.2. The van der Waals surface area contributed by atoms with Crippen molar-refractivity contribution in [2.24, 2.45) is 0 Å². The minimum atomic E-state index is -2.15. The van der Waals surface area contributed by atoms with Gasteiger partial charge in [-0.15, -0.1) is 0 Å².